The van der Waals surface area contributed by atoms with Gasteiger partial charge in [-0.25, -0.2) is 17.9 Å². The molecule has 0 aromatic heterocycles. The molecule has 1 aromatic carbocycles. The molecule has 2 N–H and O–H groups in total. The average Bonchev–Trinajstić information content (AvgIpc) is 2.50. The number of carbonyl (C=O) groups is 1. The summed E-state index contributed by atoms with van der Waals surface area (Å²) >= 11 is 0. The zero-order chi connectivity index (χ0) is 15.7. The number of sulfonamides is 1. The summed E-state index contributed by atoms with van der Waals surface area (Å²) < 4.78 is 36.0. The van der Waals surface area contributed by atoms with Crippen molar-refractivity contribution in [2.75, 3.05) is 40.5 Å². The van der Waals surface area contributed by atoms with E-state index in [0.29, 0.717) is 19.7 Å². The van der Waals surface area contributed by atoms with E-state index >= 15 is 0 Å². The van der Waals surface area contributed by atoms with Crippen molar-refractivity contribution in [2.45, 2.75) is 4.90 Å². The first kappa shape index (κ1) is 17.6. The second kappa shape index (κ2) is 8.73. The molecule has 0 aliphatic heterocycles. The van der Waals surface area contributed by atoms with E-state index in [1.54, 1.807) is 7.11 Å². The number of hydrogen-bond acceptors (Lipinski definition) is 6. The van der Waals surface area contributed by atoms with Gasteiger partial charge in [-0.05, 0) is 18.2 Å². The monoisotopic (exact) mass is 316 g/mol. The predicted molar refractivity (Wildman–Crippen MR) is 77.7 cm³/mol. The molecule has 0 saturated heterocycles. The van der Waals surface area contributed by atoms with E-state index in [1.807, 2.05) is 0 Å². The van der Waals surface area contributed by atoms with Crippen LogP contribution in [-0.4, -0.2) is 54.8 Å². The quantitative estimate of drug-likeness (QED) is 0.491. The van der Waals surface area contributed by atoms with E-state index < -0.39 is 16.0 Å². The molecule has 0 spiro atoms. The largest absolute Gasteiger partial charge is 0.465 e. The van der Waals surface area contributed by atoms with Crippen LogP contribution in [0.3, 0.4) is 0 Å². The zero-order valence-corrected chi connectivity index (χ0v) is 12.9. The van der Waals surface area contributed by atoms with E-state index in [1.165, 1.54) is 31.4 Å². The Bertz CT molecular complexity index is 559. The number of ether oxygens (including phenoxy) is 2. The SMILES string of the molecule is COCCNCCNS(=O)(=O)c1cccc(C(=O)OC)c1. The van der Waals surface area contributed by atoms with Crippen LogP contribution in [0.1, 0.15) is 10.4 Å². The Balaban J connectivity index is 2.60. The van der Waals surface area contributed by atoms with Gasteiger partial charge in [0.1, 0.15) is 0 Å². The summed E-state index contributed by atoms with van der Waals surface area (Å²) in [6.07, 6.45) is 0. The summed E-state index contributed by atoms with van der Waals surface area (Å²) in [6.45, 7) is 1.94. The van der Waals surface area contributed by atoms with Crippen molar-refractivity contribution in [3.05, 3.63) is 29.8 Å². The summed E-state index contributed by atoms with van der Waals surface area (Å²) in [5.74, 6) is -0.576. The van der Waals surface area contributed by atoms with Crippen LogP contribution in [0, 0.1) is 0 Å². The maximum absolute atomic E-state index is 12.1. The van der Waals surface area contributed by atoms with Crippen molar-refractivity contribution in [3.8, 4) is 0 Å². The number of hydrogen-bond donors (Lipinski definition) is 2. The smallest absolute Gasteiger partial charge is 0.337 e. The summed E-state index contributed by atoms with van der Waals surface area (Å²) in [5.41, 5.74) is 0.193. The molecular weight excluding hydrogens is 296 g/mol. The maximum atomic E-state index is 12.1. The lowest BCUT2D eigenvalue weighted by atomic mass is 10.2. The van der Waals surface area contributed by atoms with Gasteiger partial charge in [-0.15, -0.1) is 0 Å². The first-order valence-electron chi connectivity index (χ1n) is 6.39. The molecule has 0 amide bonds. The Morgan fingerprint density at radius 3 is 2.62 bits per heavy atom. The molecule has 7 nitrogen and oxygen atoms in total. The number of methoxy groups -OCH3 is 2. The molecule has 0 radical (unpaired) electrons. The van der Waals surface area contributed by atoms with Crippen LogP contribution >= 0.6 is 0 Å². The topological polar surface area (TPSA) is 93.7 Å². The molecule has 8 heteroatoms. The summed E-state index contributed by atoms with van der Waals surface area (Å²) in [4.78, 5) is 11.4. The second-order valence-corrected chi connectivity index (χ2v) is 5.93. The van der Waals surface area contributed by atoms with Gasteiger partial charge in [-0.3, -0.25) is 0 Å². The highest BCUT2D eigenvalue weighted by Gasteiger charge is 2.15. The molecule has 0 heterocycles. The van der Waals surface area contributed by atoms with Gasteiger partial charge in [-0.2, -0.15) is 0 Å². The van der Waals surface area contributed by atoms with Crippen LogP contribution < -0.4 is 10.0 Å². The lowest BCUT2D eigenvalue weighted by molar-refractivity contribution is 0.0600. The molecule has 0 aliphatic carbocycles. The first-order valence-corrected chi connectivity index (χ1v) is 7.87. The van der Waals surface area contributed by atoms with Crippen LogP contribution in [-0.2, 0) is 19.5 Å². The van der Waals surface area contributed by atoms with Crippen molar-refractivity contribution < 1.29 is 22.7 Å². The van der Waals surface area contributed by atoms with Crippen LogP contribution in [0.4, 0.5) is 0 Å². The van der Waals surface area contributed by atoms with Gasteiger partial charge < -0.3 is 14.8 Å². The van der Waals surface area contributed by atoms with E-state index in [9.17, 15) is 13.2 Å². The molecular formula is C13H20N2O5S. The maximum Gasteiger partial charge on any atom is 0.337 e. The van der Waals surface area contributed by atoms with Crippen LogP contribution in [0.2, 0.25) is 0 Å². The third kappa shape index (κ3) is 5.80. The Morgan fingerprint density at radius 1 is 1.19 bits per heavy atom. The Kier molecular flexibility index (Phi) is 7.30. The molecule has 0 aliphatic rings. The number of rotatable bonds is 9. The minimum absolute atomic E-state index is 0.0299. The van der Waals surface area contributed by atoms with Gasteiger partial charge in [0.25, 0.3) is 0 Å². The Morgan fingerprint density at radius 2 is 1.95 bits per heavy atom. The van der Waals surface area contributed by atoms with Crippen molar-refractivity contribution in [1.82, 2.24) is 10.0 Å². The standard InChI is InChI=1S/C13H20N2O5S/c1-19-9-8-14-6-7-15-21(17,18)12-5-3-4-11(10-12)13(16)20-2/h3-5,10,14-15H,6-9H2,1-2H3. The fourth-order valence-electron chi connectivity index (χ4n) is 1.56. The van der Waals surface area contributed by atoms with E-state index in [4.69, 9.17) is 4.74 Å². The fourth-order valence-corrected chi connectivity index (χ4v) is 2.64. The van der Waals surface area contributed by atoms with Crippen molar-refractivity contribution in [1.29, 1.82) is 0 Å². The zero-order valence-electron chi connectivity index (χ0n) is 12.1. The Hall–Kier alpha value is -1.48. The van der Waals surface area contributed by atoms with Crippen molar-refractivity contribution >= 4 is 16.0 Å². The molecule has 1 aromatic rings. The van der Waals surface area contributed by atoms with Gasteiger partial charge in [0.05, 0.1) is 24.2 Å². The van der Waals surface area contributed by atoms with Crippen LogP contribution in [0.25, 0.3) is 0 Å². The number of benzene rings is 1. The fraction of sp³-hybridized carbons (Fsp3) is 0.462. The van der Waals surface area contributed by atoms with Gasteiger partial charge in [0.2, 0.25) is 10.0 Å². The number of esters is 1. The normalized spacial score (nSPS) is 11.3. The lowest BCUT2D eigenvalue weighted by Crippen LogP contribution is -2.33. The molecule has 0 fully saturated rings. The van der Waals surface area contributed by atoms with Crippen LogP contribution in [0.15, 0.2) is 29.2 Å². The van der Waals surface area contributed by atoms with Crippen LogP contribution in [0.5, 0.6) is 0 Å². The summed E-state index contributed by atoms with van der Waals surface area (Å²) in [5, 5.41) is 3.02. The first-order chi connectivity index (χ1) is 10.0. The van der Waals surface area contributed by atoms with Gasteiger partial charge >= 0.3 is 5.97 Å². The summed E-state index contributed by atoms with van der Waals surface area (Å²) in [6, 6.07) is 5.70. The minimum atomic E-state index is -3.65. The van der Waals surface area contributed by atoms with Crippen molar-refractivity contribution in [3.63, 3.8) is 0 Å². The van der Waals surface area contributed by atoms with E-state index in [0.717, 1.165) is 0 Å². The van der Waals surface area contributed by atoms with Gasteiger partial charge in [0.15, 0.2) is 0 Å². The Labute approximate surface area is 124 Å². The molecule has 0 atom stereocenters. The molecule has 21 heavy (non-hydrogen) atoms. The van der Waals surface area contributed by atoms with Crippen molar-refractivity contribution in [2.24, 2.45) is 0 Å². The molecule has 0 saturated carbocycles. The van der Waals surface area contributed by atoms with Gasteiger partial charge in [-0.1, -0.05) is 6.07 Å². The third-order valence-corrected chi connectivity index (χ3v) is 4.10. The number of carbonyl (C=O) groups excluding carboxylic acids is 1. The highest BCUT2D eigenvalue weighted by atomic mass is 32.2. The molecule has 0 bridgehead atoms. The predicted octanol–water partition coefficient (Wildman–Crippen LogP) is -0.0125. The lowest BCUT2D eigenvalue weighted by Gasteiger charge is -2.08. The molecule has 0 unspecified atom stereocenters. The van der Waals surface area contributed by atoms with Gasteiger partial charge in [0, 0.05) is 26.7 Å². The number of nitrogens with one attached hydrogen (secondary N) is 2. The molecule has 118 valence electrons. The van der Waals surface area contributed by atoms with E-state index in [-0.39, 0.29) is 17.0 Å². The minimum Gasteiger partial charge on any atom is -0.465 e. The second-order valence-electron chi connectivity index (χ2n) is 4.16. The molecule has 1 rings (SSSR count). The highest BCUT2D eigenvalue weighted by Crippen LogP contribution is 2.12. The third-order valence-electron chi connectivity index (χ3n) is 2.64. The average molecular weight is 316 g/mol. The van der Waals surface area contributed by atoms with E-state index in [2.05, 4.69) is 14.8 Å². The summed E-state index contributed by atoms with van der Waals surface area (Å²) in [7, 11) is -0.807. The highest BCUT2D eigenvalue weighted by molar-refractivity contribution is 7.89.